The molecule has 2 rings (SSSR count). The first-order valence-corrected chi connectivity index (χ1v) is 7.50. The van der Waals surface area contributed by atoms with Crippen molar-refractivity contribution in [2.75, 3.05) is 20.1 Å². The van der Waals surface area contributed by atoms with Crippen LogP contribution in [0.15, 0.2) is 24.3 Å². The number of nitrogens with zero attached hydrogens (tertiary/aromatic N) is 1. The Bertz CT molecular complexity index is 510. The first-order chi connectivity index (χ1) is 9.75. The van der Waals surface area contributed by atoms with Gasteiger partial charge in [-0.05, 0) is 37.1 Å². The Morgan fingerprint density at radius 3 is 2.67 bits per heavy atom. The number of likely N-dealkylation sites (tertiary alicyclic amines) is 1. The van der Waals surface area contributed by atoms with Gasteiger partial charge in [0.1, 0.15) is 5.82 Å². The van der Waals surface area contributed by atoms with Gasteiger partial charge in [0.15, 0.2) is 0 Å². The van der Waals surface area contributed by atoms with Gasteiger partial charge in [0.25, 0.3) is 0 Å². The second-order valence-corrected chi connectivity index (χ2v) is 7.13. The third kappa shape index (κ3) is 4.27. The topological polar surface area (TPSA) is 32.3 Å². The average molecular weight is 292 g/mol. The molecule has 1 N–H and O–H groups in total. The molecule has 0 saturated carbocycles. The van der Waals surface area contributed by atoms with Crippen LogP contribution in [0.2, 0.25) is 0 Å². The molecule has 1 fully saturated rings. The number of hydrogen-bond donors (Lipinski definition) is 1. The first-order valence-electron chi connectivity index (χ1n) is 7.50. The highest BCUT2D eigenvalue weighted by Crippen LogP contribution is 2.27. The number of rotatable bonds is 2. The first kappa shape index (κ1) is 16.0. The van der Waals surface area contributed by atoms with Crippen LogP contribution in [0.1, 0.15) is 38.7 Å². The fourth-order valence-electron chi connectivity index (χ4n) is 2.83. The van der Waals surface area contributed by atoms with Gasteiger partial charge in [-0.15, -0.1) is 0 Å². The lowest BCUT2D eigenvalue weighted by atomic mass is 9.87. The van der Waals surface area contributed by atoms with E-state index in [4.69, 9.17) is 0 Å². The molecule has 1 aromatic rings. The quantitative estimate of drug-likeness (QED) is 0.909. The lowest BCUT2D eigenvalue weighted by molar-refractivity contribution is -0.129. The van der Waals surface area contributed by atoms with Crippen LogP contribution in [-0.4, -0.2) is 37.0 Å². The minimum absolute atomic E-state index is 0.0702. The van der Waals surface area contributed by atoms with Crippen molar-refractivity contribution in [1.29, 1.82) is 0 Å². The summed E-state index contributed by atoms with van der Waals surface area (Å²) in [6.07, 6.45) is 0.857. The summed E-state index contributed by atoms with van der Waals surface area (Å²) in [5, 5.41) is 3.13. The molecule has 1 aliphatic rings. The Balaban J connectivity index is 2.07. The van der Waals surface area contributed by atoms with Gasteiger partial charge in [0.05, 0.1) is 0 Å². The minimum atomic E-state index is -0.385. The minimum Gasteiger partial charge on any atom is -0.352 e. The van der Waals surface area contributed by atoms with Crippen LogP contribution in [0.25, 0.3) is 0 Å². The Morgan fingerprint density at radius 2 is 2.05 bits per heavy atom. The van der Waals surface area contributed by atoms with Gasteiger partial charge >= 0.3 is 0 Å². The second kappa shape index (κ2) is 6.14. The van der Waals surface area contributed by atoms with Gasteiger partial charge in [0.2, 0.25) is 5.91 Å². The SMILES string of the molecule is CN1CC(NC(=O)C(C)(C)C)CC(c2cccc(F)c2)C1. The van der Waals surface area contributed by atoms with Crippen molar-refractivity contribution in [3.05, 3.63) is 35.6 Å². The highest BCUT2D eigenvalue weighted by atomic mass is 19.1. The van der Waals surface area contributed by atoms with Gasteiger partial charge in [-0.3, -0.25) is 4.79 Å². The summed E-state index contributed by atoms with van der Waals surface area (Å²) in [5.74, 6) is 0.126. The van der Waals surface area contributed by atoms with E-state index >= 15 is 0 Å². The number of carbonyl (C=O) groups excluding carboxylic acids is 1. The Labute approximate surface area is 126 Å². The molecule has 0 bridgehead atoms. The van der Waals surface area contributed by atoms with Crippen LogP contribution in [0.3, 0.4) is 0 Å². The second-order valence-electron chi connectivity index (χ2n) is 7.13. The van der Waals surface area contributed by atoms with Crippen LogP contribution in [-0.2, 0) is 4.79 Å². The summed E-state index contributed by atoms with van der Waals surface area (Å²) in [6, 6.07) is 6.91. The van der Waals surface area contributed by atoms with Crippen molar-refractivity contribution in [2.45, 2.75) is 39.2 Å². The van der Waals surface area contributed by atoms with Crippen LogP contribution >= 0.6 is 0 Å². The smallest absolute Gasteiger partial charge is 0.225 e. The summed E-state index contributed by atoms with van der Waals surface area (Å²) in [5.41, 5.74) is 0.626. The van der Waals surface area contributed by atoms with Gasteiger partial charge in [-0.25, -0.2) is 4.39 Å². The molecular formula is C17H25FN2O. The lowest BCUT2D eigenvalue weighted by Crippen LogP contribution is -2.51. The summed E-state index contributed by atoms with van der Waals surface area (Å²) in [6.45, 7) is 7.48. The van der Waals surface area contributed by atoms with Crippen molar-refractivity contribution in [1.82, 2.24) is 10.2 Å². The largest absolute Gasteiger partial charge is 0.352 e. The number of amides is 1. The zero-order valence-electron chi connectivity index (χ0n) is 13.3. The summed E-state index contributed by atoms with van der Waals surface area (Å²) < 4.78 is 13.4. The number of benzene rings is 1. The normalized spacial score (nSPS) is 23.9. The van der Waals surface area contributed by atoms with Crippen molar-refractivity contribution >= 4 is 5.91 Å². The van der Waals surface area contributed by atoms with E-state index in [1.54, 1.807) is 12.1 Å². The predicted octanol–water partition coefficient (Wildman–Crippen LogP) is 2.78. The third-order valence-corrected chi connectivity index (χ3v) is 3.97. The third-order valence-electron chi connectivity index (χ3n) is 3.97. The van der Waals surface area contributed by atoms with E-state index in [1.807, 2.05) is 33.9 Å². The van der Waals surface area contributed by atoms with Gasteiger partial charge in [-0.1, -0.05) is 32.9 Å². The van der Waals surface area contributed by atoms with Gasteiger partial charge in [-0.2, -0.15) is 0 Å². The van der Waals surface area contributed by atoms with E-state index in [0.717, 1.165) is 25.1 Å². The molecule has 0 aliphatic carbocycles. The molecule has 21 heavy (non-hydrogen) atoms. The molecule has 0 aromatic heterocycles. The maximum absolute atomic E-state index is 13.4. The van der Waals surface area contributed by atoms with E-state index in [2.05, 4.69) is 10.2 Å². The maximum Gasteiger partial charge on any atom is 0.225 e. The number of likely N-dealkylation sites (N-methyl/N-ethyl adjacent to an activating group) is 1. The zero-order valence-corrected chi connectivity index (χ0v) is 13.3. The van der Waals surface area contributed by atoms with Crippen molar-refractivity contribution in [3.8, 4) is 0 Å². The number of piperidine rings is 1. The summed E-state index contributed by atoms with van der Waals surface area (Å²) in [4.78, 5) is 14.3. The van der Waals surface area contributed by atoms with E-state index in [0.29, 0.717) is 0 Å². The molecule has 116 valence electrons. The van der Waals surface area contributed by atoms with E-state index in [9.17, 15) is 9.18 Å². The molecule has 2 unspecified atom stereocenters. The van der Waals surface area contributed by atoms with E-state index in [-0.39, 0.29) is 29.1 Å². The molecule has 4 heteroatoms. The number of nitrogens with one attached hydrogen (secondary N) is 1. The van der Waals surface area contributed by atoms with Crippen molar-refractivity contribution in [3.63, 3.8) is 0 Å². The molecule has 1 aromatic carbocycles. The number of hydrogen-bond acceptors (Lipinski definition) is 2. The Kier molecular flexibility index (Phi) is 4.67. The molecule has 1 saturated heterocycles. The number of carbonyl (C=O) groups is 1. The predicted molar refractivity (Wildman–Crippen MR) is 82.6 cm³/mol. The summed E-state index contributed by atoms with van der Waals surface area (Å²) >= 11 is 0. The average Bonchev–Trinajstić information content (AvgIpc) is 2.37. The zero-order chi connectivity index (χ0) is 15.6. The molecule has 0 radical (unpaired) electrons. The molecule has 1 aliphatic heterocycles. The van der Waals surface area contributed by atoms with Crippen LogP contribution in [0, 0.1) is 11.2 Å². The molecular weight excluding hydrogens is 267 g/mol. The monoisotopic (exact) mass is 292 g/mol. The summed E-state index contributed by atoms with van der Waals surface area (Å²) in [7, 11) is 2.04. The van der Waals surface area contributed by atoms with E-state index < -0.39 is 0 Å². The van der Waals surface area contributed by atoms with E-state index in [1.165, 1.54) is 6.07 Å². The number of halogens is 1. The Hall–Kier alpha value is -1.42. The fraction of sp³-hybridized carbons (Fsp3) is 0.588. The fourth-order valence-corrected chi connectivity index (χ4v) is 2.83. The highest BCUT2D eigenvalue weighted by Gasteiger charge is 2.30. The van der Waals surface area contributed by atoms with Crippen LogP contribution < -0.4 is 5.32 Å². The Morgan fingerprint density at radius 1 is 1.33 bits per heavy atom. The maximum atomic E-state index is 13.4. The lowest BCUT2D eigenvalue weighted by Gasteiger charge is -2.37. The molecule has 0 spiro atoms. The van der Waals surface area contributed by atoms with Gasteiger partial charge < -0.3 is 10.2 Å². The standard InChI is InChI=1S/C17H25FN2O/c1-17(2,3)16(21)19-15-9-13(10-20(4)11-15)12-6-5-7-14(18)8-12/h5-8,13,15H,9-11H2,1-4H3,(H,19,21). The van der Waals surface area contributed by atoms with Crippen LogP contribution in [0.5, 0.6) is 0 Å². The molecule has 3 nitrogen and oxygen atoms in total. The van der Waals surface area contributed by atoms with Crippen molar-refractivity contribution < 1.29 is 9.18 Å². The highest BCUT2D eigenvalue weighted by molar-refractivity contribution is 5.81. The molecule has 2 atom stereocenters. The molecule has 1 heterocycles. The molecule has 1 amide bonds. The van der Waals surface area contributed by atoms with Crippen LogP contribution in [0.4, 0.5) is 4.39 Å². The van der Waals surface area contributed by atoms with Crippen molar-refractivity contribution in [2.24, 2.45) is 5.41 Å². The van der Waals surface area contributed by atoms with Gasteiger partial charge in [0, 0.05) is 24.5 Å².